The van der Waals surface area contributed by atoms with Crippen LogP contribution >= 0.6 is 0 Å². The van der Waals surface area contributed by atoms with Crippen LogP contribution in [0.15, 0.2) is 71.6 Å². The lowest BCUT2D eigenvalue weighted by Crippen LogP contribution is -2.36. The van der Waals surface area contributed by atoms with Crippen LogP contribution in [0.2, 0.25) is 0 Å². The number of amides is 1. The van der Waals surface area contributed by atoms with E-state index in [2.05, 4.69) is 5.32 Å². The van der Waals surface area contributed by atoms with Crippen LogP contribution in [0, 0.1) is 15.9 Å². The summed E-state index contributed by atoms with van der Waals surface area (Å²) in [4.78, 5) is 22.6. The third kappa shape index (κ3) is 4.23. The molecular formula is C22H18FN3O5S. The monoisotopic (exact) mass is 455 g/mol. The van der Waals surface area contributed by atoms with E-state index in [4.69, 9.17) is 0 Å². The second kappa shape index (κ2) is 8.48. The number of fused-ring (bicyclic) bond motifs is 1. The van der Waals surface area contributed by atoms with Gasteiger partial charge < -0.3 is 5.32 Å². The van der Waals surface area contributed by atoms with Crippen molar-refractivity contribution in [1.29, 1.82) is 0 Å². The van der Waals surface area contributed by atoms with Crippen molar-refractivity contribution in [2.45, 2.75) is 17.9 Å². The molecule has 3 aromatic rings. The molecule has 1 aliphatic heterocycles. The highest BCUT2D eigenvalue weighted by atomic mass is 32.2. The Morgan fingerprint density at radius 2 is 1.78 bits per heavy atom. The van der Waals surface area contributed by atoms with Crippen molar-refractivity contribution < 1.29 is 22.5 Å². The Bertz CT molecular complexity index is 1330. The van der Waals surface area contributed by atoms with E-state index in [0.29, 0.717) is 13.0 Å². The quantitative estimate of drug-likeness (QED) is 0.466. The second-order valence-corrected chi connectivity index (χ2v) is 9.20. The van der Waals surface area contributed by atoms with Gasteiger partial charge in [-0.2, -0.15) is 8.70 Å². The molecule has 3 aromatic carbocycles. The molecule has 0 fully saturated rings. The molecule has 0 radical (unpaired) electrons. The van der Waals surface area contributed by atoms with Gasteiger partial charge in [0.05, 0.1) is 9.82 Å². The standard InChI is InChI=1S/C22H18FN3O5S/c23-20-9-8-18(13-21(20)26(28)29)24-22(27)16-6-3-7-19(12-16)32(30,31)25-11-10-15-4-1-2-5-17(15)14-25/h1-9,12-13H,10-11,14H2,(H,24,27). The number of nitro benzene ring substituents is 1. The van der Waals surface area contributed by atoms with Crippen LogP contribution in [0.4, 0.5) is 15.8 Å². The smallest absolute Gasteiger partial charge is 0.306 e. The Hall–Kier alpha value is -3.63. The normalized spacial score (nSPS) is 13.9. The minimum atomic E-state index is -3.84. The first-order valence-electron chi connectivity index (χ1n) is 9.68. The number of carbonyl (C=O) groups is 1. The van der Waals surface area contributed by atoms with Crippen molar-refractivity contribution in [3.05, 3.63) is 99.4 Å². The number of hydrogen-bond acceptors (Lipinski definition) is 5. The molecular weight excluding hydrogens is 437 g/mol. The lowest BCUT2D eigenvalue weighted by Gasteiger charge is -2.28. The molecule has 32 heavy (non-hydrogen) atoms. The van der Waals surface area contributed by atoms with E-state index in [9.17, 15) is 27.7 Å². The van der Waals surface area contributed by atoms with E-state index in [1.807, 2.05) is 24.3 Å². The molecule has 1 amide bonds. The van der Waals surface area contributed by atoms with Crippen molar-refractivity contribution in [1.82, 2.24) is 4.31 Å². The van der Waals surface area contributed by atoms with Crippen LogP contribution in [0.25, 0.3) is 0 Å². The van der Waals surface area contributed by atoms with Gasteiger partial charge in [0.15, 0.2) is 0 Å². The van der Waals surface area contributed by atoms with Gasteiger partial charge in [0.25, 0.3) is 5.91 Å². The third-order valence-corrected chi connectivity index (χ3v) is 7.07. The molecule has 1 N–H and O–H groups in total. The first-order chi connectivity index (χ1) is 15.3. The summed E-state index contributed by atoms with van der Waals surface area (Å²) in [5.74, 6) is -1.70. The van der Waals surface area contributed by atoms with Gasteiger partial charge in [-0.1, -0.05) is 30.3 Å². The predicted octanol–water partition coefficient (Wildman–Crippen LogP) is 3.73. The number of carbonyl (C=O) groups excluding carboxylic acids is 1. The molecule has 0 spiro atoms. The number of sulfonamides is 1. The number of hydrogen-bond donors (Lipinski definition) is 1. The second-order valence-electron chi connectivity index (χ2n) is 7.26. The van der Waals surface area contributed by atoms with Gasteiger partial charge in [-0.25, -0.2) is 8.42 Å². The minimum absolute atomic E-state index is 0.0176. The number of benzene rings is 3. The van der Waals surface area contributed by atoms with Gasteiger partial charge in [-0.05, 0) is 47.9 Å². The summed E-state index contributed by atoms with van der Waals surface area (Å²) < 4.78 is 41.2. The molecule has 0 saturated heterocycles. The van der Waals surface area contributed by atoms with E-state index < -0.39 is 32.4 Å². The number of halogens is 1. The highest BCUT2D eigenvalue weighted by Gasteiger charge is 2.28. The van der Waals surface area contributed by atoms with Crippen molar-refractivity contribution >= 4 is 27.3 Å². The van der Waals surface area contributed by atoms with Crippen molar-refractivity contribution in [2.24, 2.45) is 0 Å². The first-order valence-corrected chi connectivity index (χ1v) is 11.1. The molecule has 1 heterocycles. The number of rotatable bonds is 5. The Labute approximate surface area is 183 Å². The molecule has 4 rings (SSSR count). The summed E-state index contributed by atoms with van der Waals surface area (Å²) in [5, 5.41) is 13.3. The highest BCUT2D eigenvalue weighted by Crippen LogP contribution is 2.26. The topological polar surface area (TPSA) is 110 Å². The summed E-state index contributed by atoms with van der Waals surface area (Å²) >= 11 is 0. The van der Waals surface area contributed by atoms with Crippen LogP contribution in [0.3, 0.4) is 0 Å². The lowest BCUT2D eigenvalue weighted by molar-refractivity contribution is -0.387. The van der Waals surface area contributed by atoms with Crippen LogP contribution in [-0.2, 0) is 23.0 Å². The number of nitrogens with one attached hydrogen (secondary N) is 1. The predicted molar refractivity (Wildman–Crippen MR) is 115 cm³/mol. The Balaban J connectivity index is 1.56. The average molecular weight is 455 g/mol. The Morgan fingerprint density at radius 3 is 2.53 bits per heavy atom. The molecule has 10 heteroatoms. The van der Waals surface area contributed by atoms with E-state index in [0.717, 1.165) is 23.3 Å². The Morgan fingerprint density at radius 1 is 1.03 bits per heavy atom. The zero-order valence-electron chi connectivity index (χ0n) is 16.7. The fourth-order valence-electron chi connectivity index (χ4n) is 3.56. The summed E-state index contributed by atoms with van der Waals surface area (Å²) in [6.07, 6.45) is 0.596. The maximum atomic E-state index is 13.5. The number of nitrogens with zero attached hydrogens (tertiary/aromatic N) is 2. The Kier molecular flexibility index (Phi) is 5.72. The molecule has 0 aliphatic carbocycles. The van der Waals surface area contributed by atoms with E-state index in [1.54, 1.807) is 0 Å². The van der Waals surface area contributed by atoms with Crippen molar-refractivity contribution in [2.75, 3.05) is 11.9 Å². The van der Waals surface area contributed by atoms with Gasteiger partial charge in [0.2, 0.25) is 15.8 Å². The summed E-state index contributed by atoms with van der Waals surface area (Å²) in [6, 6.07) is 16.2. The maximum Gasteiger partial charge on any atom is 0.306 e. The van der Waals surface area contributed by atoms with Crippen LogP contribution in [0.5, 0.6) is 0 Å². The summed E-state index contributed by atoms with van der Waals surface area (Å²) in [5.41, 5.74) is 1.35. The fraction of sp³-hybridized carbons (Fsp3) is 0.136. The first kappa shape index (κ1) is 21.6. The molecule has 0 unspecified atom stereocenters. The van der Waals surface area contributed by atoms with E-state index in [1.165, 1.54) is 34.6 Å². The van der Waals surface area contributed by atoms with Gasteiger partial charge in [0.1, 0.15) is 0 Å². The SMILES string of the molecule is O=C(Nc1ccc(F)c([N+](=O)[O-])c1)c1cccc(S(=O)(=O)N2CCc3ccccc3C2)c1. The molecule has 0 atom stereocenters. The molecule has 1 aliphatic rings. The number of anilines is 1. The van der Waals surface area contributed by atoms with Gasteiger partial charge in [0, 0.05) is 30.4 Å². The zero-order chi connectivity index (χ0) is 22.9. The summed E-state index contributed by atoms with van der Waals surface area (Å²) in [7, 11) is -3.84. The van der Waals surface area contributed by atoms with Gasteiger partial charge in [-0.15, -0.1) is 0 Å². The average Bonchev–Trinajstić information content (AvgIpc) is 2.79. The highest BCUT2D eigenvalue weighted by molar-refractivity contribution is 7.89. The maximum absolute atomic E-state index is 13.5. The van der Waals surface area contributed by atoms with Gasteiger partial charge >= 0.3 is 5.69 Å². The van der Waals surface area contributed by atoms with E-state index in [-0.39, 0.29) is 22.7 Å². The van der Waals surface area contributed by atoms with Crippen molar-refractivity contribution in [3.63, 3.8) is 0 Å². The third-order valence-electron chi connectivity index (χ3n) is 5.23. The van der Waals surface area contributed by atoms with Crippen LogP contribution in [0.1, 0.15) is 21.5 Å². The minimum Gasteiger partial charge on any atom is -0.322 e. The largest absolute Gasteiger partial charge is 0.322 e. The summed E-state index contributed by atoms with van der Waals surface area (Å²) in [6.45, 7) is 0.573. The molecule has 0 bridgehead atoms. The van der Waals surface area contributed by atoms with Crippen LogP contribution < -0.4 is 5.32 Å². The van der Waals surface area contributed by atoms with E-state index >= 15 is 0 Å². The van der Waals surface area contributed by atoms with Crippen LogP contribution in [-0.4, -0.2) is 30.1 Å². The molecule has 0 aromatic heterocycles. The van der Waals surface area contributed by atoms with Crippen molar-refractivity contribution in [3.8, 4) is 0 Å². The van der Waals surface area contributed by atoms with Gasteiger partial charge in [-0.3, -0.25) is 14.9 Å². The number of nitro groups is 1. The fourth-order valence-corrected chi connectivity index (χ4v) is 5.02. The molecule has 0 saturated carbocycles. The molecule has 8 nitrogen and oxygen atoms in total. The lowest BCUT2D eigenvalue weighted by atomic mass is 10.0. The zero-order valence-corrected chi connectivity index (χ0v) is 17.5. The molecule has 164 valence electrons.